The highest BCUT2D eigenvalue weighted by atomic mass is 35.5. The smallest absolute Gasteiger partial charge is 0.256 e. The number of halogens is 2. The van der Waals surface area contributed by atoms with E-state index < -0.39 is 0 Å². The molecule has 0 aliphatic heterocycles. The summed E-state index contributed by atoms with van der Waals surface area (Å²) in [5, 5.41) is 8.34. The number of aromatic nitrogens is 2. The van der Waals surface area contributed by atoms with Crippen molar-refractivity contribution >= 4 is 34.9 Å². The number of benzene rings is 2. The number of carbonyl (C=O) groups excluding carboxylic acids is 1. The molecule has 0 saturated heterocycles. The molecule has 1 amide bonds. The molecule has 1 aromatic heterocycles. The van der Waals surface area contributed by atoms with Gasteiger partial charge in [-0.1, -0.05) is 48.3 Å². The van der Waals surface area contributed by atoms with Crippen molar-refractivity contribution in [3.8, 4) is 0 Å². The van der Waals surface area contributed by atoms with E-state index in [1.54, 1.807) is 29.1 Å². The van der Waals surface area contributed by atoms with Crippen molar-refractivity contribution in [2.75, 3.05) is 5.32 Å². The Balaban J connectivity index is 1.67. The minimum absolute atomic E-state index is 0.183. The Morgan fingerprint density at radius 1 is 1.12 bits per heavy atom. The van der Waals surface area contributed by atoms with E-state index in [1.165, 1.54) is 5.56 Å². The molecule has 0 atom stereocenters. The standard InChI is InChI=1S/C19H17Cl2N3O/c1-2-13-3-5-14(6-4-13)19(25)22-18-9-10-24(23-18)12-15-7-8-16(20)11-17(15)21/h3-11H,2,12H2,1H3,(H,22,23,25). The number of nitrogens with one attached hydrogen (secondary N) is 1. The molecular formula is C19H17Cl2N3O. The molecule has 0 radical (unpaired) electrons. The molecule has 2 aromatic carbocycles. The van der Waals surface area contributed by atoms with Crippen LogP contribution in [0.2, 0.25) is 10.0 Å². The van der Waals surface area contributed by atoms with Crippen LogP contribution in [0.15, 0.2) is 54.7 Å². The van der Waals surface area contributed by atoms with Crippen LogP contribution in [0.1, 0.15) is 28.4 Å². The highest BCUT2D eigenvalue weighted by molar-refractivity contribution is 6.35. The first-order valence-electron chi connectivity index (χ1n) is 7.93. The summed E-state index contributed by atoms with van der Waals surface area (Å²) in [5.74, 6) is 0.312. The Hall–Kier alpha value is -2.30. The molecule has 25 heavy (non-hydrogen) atoms. The molecule has 4 nitrogen and oxygen atoms in total. The number of aryl methyl sites for hydroxylation is 1. The van der Waals surface area contributed by atoms with Gasteiger partial charge in [0.15, 0.2) is 5.82 Å². The number of nitrogens with zero attached hydrogens (tertiary/aromatic N) is 2. The summed E-state index contributed by atoms with van der Waals surface area (Å²) >= 11 is 12.1. The monoisotopic (exact) mass is 373 g/mol. The lowest BCUT2D eigenvalue weighted by Crippen LogP contribution is -2.13. The van der Waals surface area contributed by atoms with E-state index in [4.69, 9.17) is 23.2 Å². The third-order valence-electron chi connectivity index (χ3n) is 3.85. The molecule has 1 heterocycles. The van der Waals surface area contributed by atoms with Gasteiger partial charge < -0.3 is 5.32 Å². The fourth-order valence-corrected chi connectivity index (χ4v) is 2.89. The Morgan fingerprint density at radius 2 is 1.88 bits per heavy atom. The van der Waals surface area contributed by atoms with Gasteiger partial charge >= 0.3 is 0 Å². The van der Waals surface area contributed by atoms with E-state index in [2.05, 4.69) is 17.3 Å². The predicted octanol–water partition coefficient (Wildman–Crippen LogP) is 5.05. The number of hydrogen-bond donors (Lipinski definition) is 1. The molecular weight excluding hydrogens is 357 g/mol. The summed E-state index contributed by atoms with van der Waals surface area (Å²) in [6.07, 6.45) is 2.74. The number of carbonyl (C=O) groups is 1. The number of hydrogen-bond acceptors (Lipinski definition) is 2. The summed E-state index contributed by atoms with van der Waals surface area (Å²) in [5.41, 5.74) is 2.70. The van der Waals surface area contributed by atoms with Gasteiger partial charge in [0.25, 0.3) is 5.91 Å². The highest BCUT2D eigenvalue weighted by Gasteiger charge is 2.09. The molecule has 0 bridgehead atoms. The first-order valence-corrected chi connectivity index (χ1v) is 8.68. The molecule has 128 valence electrons. The Morgan fingerprint density at radius 3 is 2.56 bits per heavy atom. The fraction of sp³-hybridized carbons (Fsp3) is 0.158. The van der Waals surface area contributed by atoms with Crippen molar-refractivity contribution in [1.82, 2.24) is 9.78 Å². The zero-order valence-corrected chi connectivity index (χ0v) is 15.2. The lowest BCUT2D eigenvalue weighted by Gasteiger charge is -2.06. The van der Waals surface area contributed by atoms with Crippen molar-refractivity contribution < 1.29 is 4.79 Å². The number of anilines is 1. The number of rotatable bonds is 5. The van der Waals surface area contributed by atoms with Crippen LogP contribution in [0.4, 0.5) is 5.82 Å². The van der Waals surface area contributed by atoms with Crippen LogP contribution < -0.4 is 5.32 Å². The van der Waals surface area contributed by atoms with Crippen molar-refractivity contribution in [3.63, 3.8) is 0 Å². The normalized spacial score (nSPS) is 10.7. The second-order valence-electron chi connectivity index (χ2n) is 5.64. The lowest BCUT2D eigenvalue weighted by molar-refractivity contribution is 0.102. The Bertz CT molecular complexity index is 888. The predicted molar refractivity (Wildman–Crippen MR) is 102 cm³/mol. The van der Waals surface area contributed by atoms with Gasteiger partial charge in [0, 0.05) is 27.9 Å². The van der Waals surface area contributed by atoms with E-state index in [-0.39, 0.29) is 5.91 Å². The SMILES string of the molecule is CCc1ccc(C(=O)Nc2ccn(Cc3ccc(Cl)cc3Cl)n2)cc1. The van der Waals surface area contributed by atoms with E-state index in [0.717, 1.165) is 12.0 Å². The summed E-state index contributed by atoms with van der Waals surface area (Å²) in [4.78, 5) is 12.3. The van der Waals surface area contributed by atoms with Crippen LogP contribution in [0.25, 0.3) is 0 Å². The average molecular weight is 374 g/mol. The van der Waals surface area contributed by atoms with Gasteiger partial charge in [0.1, 0.15) is 0 Å². The Kier molecular flexibility index (Phi) is 5.41. The van der Waals surface area contributed by atoms with Crippen LogP contribution in [0.5, 0.6) is 0 Å². The van der Waals surface area contributed by atoms with Crippen LogP contribution >= 0.6 is 23.2 Å². The fourth-order valence-electron chi connectivity index (χ4n) is 2.42. The third kappa shape index (κ3) is 4.41. The zero-order valence-electron chi connectivity index (χ0n) is 13.7. The molecule has 0 saturated carbocycles. The van der Waals surface area contributed by atoms with Gasteiger partial charge in [0.05, 0.1) is 6.54 Å². The number of amides is 1. The van der Waals surface area contributed by atoms with E-state index >= 15 is 0 Å². The quantitative estimate of drug-likeness (QED) is 0.679. The molecule has 1 N–H and O–H groups in total. The minimum atomic E-state index is -0.183. The van der Waals surface area contributed by atoms with Crippen molar-refractivity contribution in [1.29, 1.82) is 0 Å². The molecule has 0 fully saturated rings. The summed E-state index contributed by atoms with van der Waals surface area (Å²) in [7, 11) is 0. The Labute approximate surface area is 156 Å². The maximum Gasteiger partial charge on any atom is 0.256 e. The van der Waals surface area contributed by atoms with Crippen LogP contribution in [0, 0.1) is 0 Å². The van der Waals surface area contributed by atoms with Crippen LogP contribution in [-0.4, -0.2) is 15.7 Å². The summed E-state index contributed by atoms with van der Waals surface area (Å²) in [6, 6.07) is 14.6. The molecule has 3 rings (SSSR count). The maximum absolute atomic E-state index is 12.3. The van der Waals surface area contributed by atoms with Crippen molar-refractivity contribution in [2.24, 2.45) is 0 Å². The lowest BCUT2D eigenvalue weighted by atomic mass is 10.1. The average Bonchev–Trinajstić information content (AvgIpc) is 3.04. The molecule has 0 aliphatic carbocycles. The van der Waals surface area contributed by atoms with Crippen molar-refractivity contribution in [2.45, 2.75) is 19.9 Å². The van der Waals surface area contributed by atoms with E-state index in [0.29, 0.717) is 28.0 Å². The summed E-state index contributed by atoms with van der Waals surface area (Å²) in [6.45, 7) is 2.58. The summed E-state index contributed by atoms with van der Waals surface area (Å²) < 4.78 is 1.71. The van der Waals surface area contributed by atoms with Crippen molar-refractivity contribution in [3.05, 3.63) is 81.5 Å². The highest BCUT2D eigenvalue weighted by Crippen LogP contribution is 2.22. The topological polar surface area (TPSA) is 46.9 Å². The first-order chi connectivity index (χ1) is 12.0. The first kappa shape index (κ1) is 17.5. The second kappa shape index (κ2) is 7.72. The van der Waals surface area contributed by atoms with Gasteiger partial charge in [-0.05, 0) is 41.8 Å². The molecule has 3 aromatic rings. The van der Waals surface area contributed by atoms with Crippen LogP contribution in [-0.2, 0) is 13.0 Å². The third-order valence-corrected chi connectivity index (χ3v) is 4.44. The van der Waals surface area contributed by atoms with Gasteiger partial charge in [-0.15, -0.1) is 0 Å². The minimum Gasteiger partial charge on any atom is -0.305 e. The van der Waals surface area contributed by atoms with E-state index in [9.17, 15) is 4.79 Å². The molecule has 0 spiro atoms. The van der Waals surface area contributed by atoms with Gasteiger partial charge in [-0.3, -0.25) is 9.48 Å². The van der Waals surface area contributed by atoms with Gasteiger partial charge in [-0.2, -0.15) is 5.10 Å². The van der Waals surface area contributed by atoms with E-state index in [1.807, 2.05) is 30.3 Å². The van der Waals surface area contributed by atoms with Gasteiger partial charge in [-0.25, -0.2) is 0 Å². The zero-order chi connectivity index (χ0) is 17.8. The second-order valence-corrected chi connectivity index (χ2v) is 6.48. The molecule has 0 unspecified atom stereocenters. The largest absolute Gasteiger partial charge is 0.305 e. The van der Waals surface area contributed by atoms with Gasteiger partial charge in [0.2, 0.25) is 0 Å². The molecule has 6 heteroatoms. The van der Waals surface area contributed by atoms with Crippen LogP contribution in [0.3, 0.4) is 0 Å². The maximum atomic E-state index is 12.3. The molecule has 0 aliphatic rings.